The van der Waals surface area contributed by atoms with Crippen molar-refractivity contribution >= 4 is 39.2 Å². The summed E-state index contributed by atoms with van der Waals surface area (Å²) in [7, 11) is 1.57. The highest BCUT2D eigenvalue weighted by Gasteiger charge is 2.32. The van der Waals surface area contributed by atoms with Crippen LogP contribution in [0.2, 0.25) is 0 Å². The van der Waals surface area contributed by atoms with Crippen LogP contribution in [-0.2, 0) is 4.79 Å². The summed E-state index contributed by atoms with van der Waals surface area (Å²) in [5.41, 5.74) is 1.41. The van der Waals surface area contributed by atoms with Crippen molar-refractivity contribution in [2.75, 3.05) is 37.0 Å². The minimum atomic E-state index is -0.224. The fourth-order valence-corrected chi connectivity index (χ4v) is 2.98. The van der Waals surface area contributed by atoms with Crippen molar-refractivity contribution in [2.45, 2.75) is 0 Å². The van der Waals surface area contributed by atoms with Gasteiger partial charge in [-0.25, -0.2) is 4.79 Å². The van der Waals surface area contributed by atoms with Gasteiger partial charge in [0.25, 0.3) is 0 Å². The summed E-state index contributed by atoms with van der Waals surface area (Å²) in [5.74, 6) is 0.412. The highest BCUT2D eigenvalue weighted by Crippen LogP contribution is 2.30. The molecule has 6 nitrogen and oxygen atoms in total. The number of nitrogens with one attached hydrogen (secondary N) is 1. The fraction of sp³-hybridized carbons (Fsp3) is 0.222. The van der Waals surface area contributed by atoms with Gasteiger partial charge < -0.3 is 15.0 Å². The van der Waals surface area contributed by atoms with Crippen molar-refractivity contribution < 1.29 is 14.3 Å². The molecule has 3 rings (SSSR count). The number of hydrogen-bond donors (Lipinski definition) is 1. The van der Waals surface area contributed by atoms with Gasteiger partial charge in [0.1, 0.15) is 12.3 Å². The number of ether oxygens (including phenoxy) is 1. The highest BCUT2D eigenvalue weighted by molar-refractivity contribution is 9.10. The zero-order valence-electron chi connectivity index (χ0n) is 13.7. The van der Waals surface area contributed by atoms with Crippen molar-refractivity contribution in [3.05, 3.63) is 53.0 Å². The molecule has 25 heavy (non-hydrogen) atoms. The van der Waals surface area contributed by atoms with Crippen LogP contribution in [0.1, 0.15) is 0 Å². The molecule has 130 valence electrons. The predicted molar refractivity (Wildman–Crippen MR) is 100 cm³/mol. The van der Waals surface area contributed by atoms with Gasteiger partial charge in [-0.05, 0) is 36.4 Å². The van der Waals surface area contributed by atoms with E-state index in [1.807, 2.05) is 36.4 Å². The third kappa shape index (κ3) is 3.93. The van der Waals surface area contributed by atoms with E-state index in [-0.39, 0.29) is 18.5 Å². The molecule has 1 heterocycles. The van der Waals surface area contributed by atoms with E-state index in [9.17, 15) is 9.59 Å². The Labute approximate surface area is 154 Å². The lowest BCUT2D eigenvalue weighted by Crippen LogP contribution is -2.37. The predicted octanol–water partition coefficient (Wildman–Crippen LogP) is 3.34. The van der Waals surface area contributed by atoms with Crippen molar-refractivity contribution in [2.24, 2.45) is 0 Å². The van der Waals surface area contributed by atoms with Crippen LogP contribution in [0.4, 0.5) is 16.2 Å². The molecule has 7 heteroatoms. The maximum atomic E-state index is 12.6. The summed E-state index contributed by atoms with van der Waals surface area (Å²) in [5, 5.41) is 2.80. The third-order valence-corrected chi connectivity index (χ3v) is 4.46. The molecule has 2 aromatic carbocycles. The molecule has 0 atom stereocenters. The molecule has 0 aromatic heterocycles. The lowest BCUT2D eigenvalue weighted by atomic mass is 10.2. The van der Waals surface area contributed by atoms with E-state index in [1.165, 1.54) is 4.90 Å². The first-order valence-electron chi connectivity index (χ1n) is 7.83. The monoisotopic (exact) mass is 403 g/mol. The normalized spacial score (nSPS) is 13.9. The number of carbonyl (C=O) groups is 2. The molecule has 1 aliphatic heterocycles. The van der Waals surface area contributed by atoms with Crippen molar-refractivity contribution in [3.63, 3.8) is 0 Å². The van der Waals surface area contributed by atoms with Gasteiger partial charge in [-0.3, -0.25) is 9.69 Å². The van der Waals surface area contributed by atoms with Crippen LogP contribution < -0.4 is 15.0 Å². The van der Waals surface area contributed by atoms with Crippen molar-refractivity contribution in [3.8, 4) is 5.75 Å². The standard InChI is InChI=1S/C18H18BrN3O3/c1-25-16-5-3-2-4-15(16)22-11-10-21(18(22)24)12-17(23)20-14-8-6-13(19)7-9-14/h2-9H,10-12H2,1H3,(H,20,23). The minimum absolute atomic E-state index is 0.0144. The first-order valence-corrected chi connectivity index (χ1v) is 8.62. The average molecular weight is 404 g/mol. The largest absolute Gasteiger partial charge is 0.495 e. The quantitative estimate of drug-likeness (QED) is 0.832. The Morgan fingerprint density at radius 3 is 2.60 bits per heavy atom. The Bertz CT molecular complexity index is 779. The Kier molecular flexibility index (Phi) is 5.23. The number of benzene rings is 2. The van der Waals surface area contributed by atoms with E-state index in [4.69, 9.17) is 4.74 Å². The van der Waals surface area contributed by atoms with Crippen molar-refractivity contribution in [1.29, 1.82) is 0 Å². The molecule has 1 aliphatic rings. The highest BCUT2D eigenvalue weighted by atomic mass is 79.9. The zero-order chi connectivity index (χ0) is 17.8. The Morgan fingerprint density at radius 2 is 1.88 bits per heavy atom. The molecule has 1 fully saturated rings. The second-order valence-corrected chi connectivity index (χ2v) is 6.50. The van der Waals surface area contributed by atoms with Crippen LogP contribution >= 0.6 is 15.9 Å². The van der Waals surface area contributed by atoms with Gasteiger partial charge in [-0.1, -0.05) is 28.1 Å². The Morgan fingerprint density at radius 1 is 1.16 bits per heavy atom. The van der Waals surface area contributed by atoms with Gasteiger partial charge in [0.2, 0.25) is 5.91 Å². The molecule has 0 bridgehead atoms. The average Bonchev–Trinajstić information content (AvgIpc) is 2.97. The van der Waals surface area contributed by atoms with Gasteiger partial charge in [0, 0.05) is 23.2 Å². The van der Waals surface area contributed by atoms with Crippen LogP contribution in [0.3, 0.4) is 0 Å². The number of para-hydroxylation sites is 2. The summed E-state index contributed by atoms with van der Waals surface area (Å²) in [6.45, 7) is 1.02. The van der Waals surface area contributed by atoms with E-state index in [0.717, 1.165) is 4.47 Å². The second kappa shape index (κ2) is 7.57. The molecule has 0 radical (unpaired) electrons. The SMILES string of the molecule is COc1ccccc1N1CCN(CC(=O)Nc2ccc(Br)cc2)C1=O. The summed E-state index contributed by atoms with van der Waals surface area (Å²) < 4.78 is 6.25. The topological polar surface area (TPSA) is 61.9 Å². The number of nitrogens with zero attached hydrogens (tertiary/aromatic N) is 2. The Hall–Kier alpha value is -2.54. The van der Waals surface area contributed by atoms with E-state index in [2.05, 4.69) is 21.2 Å². The molecule has 3 amide bonds. The van der Waals surface area contributed by atoms with E-state index in [1.54, 1.807) is 24.1 Å². The molecule has 0 saturated carbocycles. The number of amides is 3. The minimum Gasteiger partial charge on any atom is -0.495 e. The van der Waals surface area contributed by atoms with Crippen LogP contribution in [0.25, 0.3) is 0 Å². The van der Waals surface area contributed by atoms with Gasteiger partial charge in [0.15, 0.2) is 0 Å². The number of urea groups is 1. The third-order valence-electron chi connectivity index (χ3n) is 3.93. The molecule has 1 saturated heterocycles. The van der Waals surface area contributed by atoms with Crippen molar-refractivity contribution in [1.82, 2.24) is 4.90 Å². The molecular weight excluding hydrogens is 386 g/mol. The zero-order valence-corrected chi connectivity index (χ0v) is 15.3. The Balaban J connectivity index is 1.64. The number of halogens is 1. The number of hydrogen-bond acceptors (Lipinski definition) is 3. The number of rotatable bonds is 5. The van der Waals surface area contributed by atoms with Crippen LogP contribution in [0, 0.1) is 0 Å². The molecule has 0 aliphatic carbocycles. The molecular formula is C18H18BrN3O3. The number of carbonyl (C=O) groups excluding carboxylic acids is 2. The van der Waals surface area contributed by atoms with Gasteiger partial charge in [-0.2, -0.15) is 0 Å². The molecule has 0 unspecified atom stereocenters. The second-order valence-electron chi connectivity index (χ2n) is 5.58. The van der Waals surface area contributed by atoms with Crippen LogP contribution in [0.15, 0.2) is 53.0 Å². The molecule has 2 aromatic rings. The first kappa shape index (κ1) is 17.3. The van der Waals surface area contributed by atoms with Crippen LogP contribution in [0.5, 0.6) is 5.75 Å². The van der Waals surface area contributed by atoms with E-state index < -0.39 is 0 Å². The van der Waals surface area contributed by atoms with Crippen LogP contribution in [-0.4, -0.2) is 43.6 Å². The van der Waals surface area contributed by atoms with Gasteiger partial charge in [0.05, 0.1) is 12.8 Å². The summed E-state index contributed by atoms with van der Waals surface area (Å²) in [6.07, 6.45) is 0. The maximum Gasteiger partial charge on any atom is 0.325 e. The first-order chi connectivity index (χ1) is 12.1. The molecule has 1 N–H and O–H groups in total. The summed E-state index contributed by atoms with van der Waals surface area (Å²) in [6, 6.07) is 14.5. The van der Waals surface area contributed by atoms with E-state index in [0.29, 0.717) is 30.2 Å². The smallest absolute Gasteiger partial charge is 0.325 e. The lowest BCUT2D eigenvalue weighted by Gasteiger charge is -2.20. The van der Waals surface area contributed by atoms with E-state index >= 15 is 0 Å². The number of anilines is 2. The lowest BCUT2D eigenvalue weighted by molar-refractivity contribution is -0.116. The number of methoxy groups -OCH3 is 1. The maximum absolute atomic E-state index is 12.6. The molecule has 0 spiro atoms. The summed E-state index contributed by atoms with van der Waals surface area (Å²) in [4.78, 5) is 28.0. The van der Waals surface area contributed by atoms with Gasteiger partial charge >= 0.3 is 6.03 Å². The fourth-order valence-electron chi connectivity index (χ4n) is 2.71. The summed E-state index contributed by atoms with van der Waals surface area (Å²) >= 11 is 3.35. The van der Waals surface area contributed by atoms with Gasteiger partial charge in [-0.15, -0.1) is 0 Å².